The molecule has 0 N–H and O–H groups in total. The number of halogens is 2. The largest absolute Gasteiger partial charge is 0.495 e. The quantitative estimate of drug-likeness (QED) is 0.399. The molecule has 8 heteroatoms. The lowest BCUT2D eigenvalue weighted by Gasteiger charge is -2.32. The molecule has 0 aliphatic carbocycles. The molecule has 1 aliphatic heterocycles. The Labute approximate surface area is 150 Å². The Morgan fingerprint density at radius 3 is 2.14 bits per heavy atom. The Kier molecular flexibility index (Phi) is 4.98. The van der Waals surface area contributed by atoms with Crippen molar-refractivity contribution in [1.82, 2.24) is 0 Å². The van der Waals surface area contributed by atoms with Gasteiger partial charge in [-0.25, -0.2) is 8.42 Å². The van der Waals surface area contributed by atoms with Gasteiger partial charge in [0.1, 0.15) is 0 Å². The maximum absolute atomic E-state index is 11.4. The Balaban J connectivity index is 2.45. The number of benzene rings is 1. The van der Waals surface area contributed by atoms with Crippen molar-refractivity contribution in [1.29, 1.82) is 0 Å². The Bertz CT molecular complexity index is 687. The second-order valence-electron chi connectivity index (χ2n) is 6.55. The van der Waals surface area contributed by atoms with E-state index in [0.717, 1.165) is 14.6 Å². The smallest absolute Gasteiger partial charge is 0.399 e. The molecule has 1 fully saturated rings. The lowest BCUT2D eigenvalue weighted by Crippen LogP contribution is -2.41. The first-order chi connectivity index (χ1) is 9.82. The monoisotopic (exact) mass is 456 g/mol. The van der Waals surface area contributed by atoms with Gasteiger partial charge >= 0.3 is 7.12 Å². The summed E-state index contributed by atoms with van der Waals surface area (Å²) >= 11 is 2.15. The van der Waals surface area contributed by atoms with Crippen LogP contribution in [0.25, 0.3) is 0 Å². The first-order valence-electron chi connectivity index (χ1n) is 6.89. The molecule has 1 saturated heterocycles. The highest BCUT2D eigenvalue weighted by Crippen LogP contribution is 2.37. The van der Waals surface area contributed by atoms with Crippen LogP contribution in [0.1, 0.15) is 38.8 Å². The summed E-state index contributed by atoms with van der Waals surface area (Å²) in [6, 6.07) is 3.78. The van der Waals surface area contributed by atoms with E-state index < -0.39 is 27.4 Å². The van der Waals surface area contributed by atoms with Crippen LogP contribution in [0.5, 0.6) is 0 Å². The normalized spacial score (nSPS) is 20.4. The van der Waals surface area contributed by atoms with E-state index in [0.29, 0.717) is 5.56 Å². The summed E-state index contributed by atoms with van der Waals surface area (Å²) in [5, 5.41) is 0. The third-order valence-corrected chi connectivity index (χ3v) is 5.96. The minimum Gasteiger partial charge on any atom is -0.399 e. The van der Waals surface area contributed by atoms with Gasteiger partial charge in [-0.1, -0.05) is 0 Å². The topological polar surface area (TPSA) is 52.6 Å². The predicted octanol–water partition coefficient (Wildman–Crippen LogP) is 2.97. The summed E-state index contributed by atoms with van der Waals surface area (Å²) in [7, 11) is 1.27. The minimum atomic E-state index is -3.62. The zero-order valence-corrected chi connectivity index (χ0v) is 17.0. The molecule has 0 aromatic heterocycles. The molecule has 0 bridgehead atoms. The van der Waals surface area contributed by atoms with Crippen LogP contribution >= 0.6 is 33.3 Å². The highest BCUT2D eigenvalue weighted by atomic mass is 127. The van der Waals surface area contributed by atoms with Gasteiger partial charge in [-0.05, 0) is 85.9 Å². The SMILES string of the molecule is Cc1c(CS(=O)(=O)Cl)cc(I)cc1B1OC(C)(C)C(C)(C)O1. The maximum Gasteiger partial charge on any atom is 0.495 e. The average Bonchev–Trinajstić information content (AvgIpc) is 2.50. The molecule has 122 valence electrons. The fourth-order valence-corrected chi connectivity index (χ4v) is 4.04. The van der Waals surface area contributed by atoms with Crippen molar-refractivity contribution in [3.05, 3.63) is 26.8 Å². The van der Waals surface area contributed by atoms with Gasteiger partial charge in [0, 0.05) is 14.3 Å². The van der Waals surface area contributed by atoms with E-state index in [1.807, 2.05) is 46.8 Å². The highest BCUT2D eigenvalue weighted by Gasteiger charge is 2.52. The zero-order valence-electron chi connectivity index (χ0n) is 13.2. The Morgan fingerprint density at radius 2 is 1.68 bits per heavy atom. The summed E-state index contributed by atoms with van der Waals surface area (Å²) in [5.41, 5.74) is 1.48. The molecule has 22 heavy (non-hydrogen) atoms. The van der Waals surface area contributed by atoms with Crippen LogP contribution in [-0.2, 0) is 24.1 Å². The minimum absolute atomic E-state index is 0.205. The molecule has 0 unspecified atom stereocenters. The van der Waals surface area contributed by atoms with Gasteiger partial charge in [-0.2, -0.15) is 0 Å². The van der Waals surface area contributed by atoms with Crippen molar-refractivity contribution in [3.8, 4) is 0 Å². The van der Waals surface area contributed by atoms with Crippen molar-refractivity contribution < 1.29 is 17.7 Å². The van der Waals surface area contributed by atoms with Crippen LogP contribution in [0.3, 0.4) is 0 Å². The number of rotatable bonds is 3. The van der Waals surface area contributed by atoms with Gasteiger partial charge in [0.2, 0.25) is 9.05 Å². The fraction of sp³-hybridized carbons (Fsp3) is 0.571. The average molecular weight is 457 g/mol. The molecule has 1 heterocycles. The van der Waals surface area contributed by atoms with Gasteiger partial charge in [0.25, 0.3) is 0 Å². The lowest BCUT2D eigenvalue weighted by molar-refractivity contribution is 0.00578. The molecule has 0 atom stereocenters. The van der Waals surface area contributed by atoms with E-state index in [-0.39, 0.29) is 5.75 Å². The highest BCUT2D eigenvalue weighted by molar-refractivity contribution is 14.1. The van der Waals surface area contributed by atoms with E-state index in [2.05, 4.69) is 22.6 Å². The van der Waals surface area contributed by atoms with Crippen molar-refractivity contribution in [3.63, 3.8) is 0 Å². The number of hydrogen-bond donors (Lipinski definition) is 0. The molecule has 4 nitrogen and oxygen atoms in total. The van der Waals surface area contributed by atoms with E-state index >= 15 is 0 Å². The number of hydrogen-bond acceptors (Lipinski definition) is 4. The van der Waals surface area contributed by atoms with Crippen molar-refractivity contribution in [2.75, 3.05) is 0 Å². The predicted molar refractivity (Wildman–Crippen MR) is 98.1 cm³/mol. The van der Waals surface area contributed by atoms with E-state index in [1.165, 1.54) is 0 Å². The van der Waals surface area contributed by atoms with Crippen molar-refractivity contribution in [2.45, 2.75) is 51.6 Å². The first-order valence-corrected chi connectivity index (χ1v) is 10.4. The summed E-state index contributed by atoms with van der Waals surface area (Å²) in [4.78, 5) is 0. The van der Waals surface area contributed by atoms with Crippen LogP contribution in [-0.4, -0.2) is 26.7 Å². The van der Waals surface area contributed by atoms with Crippen LogP contribution < -0.4 is 5.46 Å². The van der Waals surface area contributed by atoms with Gasteiger partial charge in [0.05, 0.1) is 17.0 Å². The van der Waals surface area contributed by atoms with Crippen LogP contribution in [0.15, 0.2) is 12.1 Å². The third kappa shape index (κ3) is 3.80. The second kappa shape index (κ2) is 5.91. The lowest BCUT2D eigenvalue weighted by atomic mass is 9.75. The van der Waals surface area contributed by atoms with Gasteiger partial charge in [-0.15, -0.1) is 0 Å². The molecule has 0 spiro atoms. The molecular weight excluding hydrogens is 437 g/mol. The van der Waals surface area contributed by atoms with Crippen molar-refractivity contribution in [2.24, 2.45) is 0 Å². The van der Waals surface area contributed by atoms with Gasteiger partial charge in [0.15, 0.2) is 0 Å². The van der Waals surface area contributed by atoms with E-state index in [1.54, 1.807) is 0 Å². The van der Waals surface area contributed by atoms with Crippen LogP contribution in [0.2, 0.25) is 0 Å². The molecule has 1 aliphatic rings. The summed E-state index contributed by atoms with van der Waals surface area (Å²) in [6.07, 6.45) is 0. The molecule has 1 aromatic carbocycles. The summed E-state index contributed by atoms with van der Waals surface area (Å²) in [6.45, 7) is 9.81. The molecule has 0 saturated carbocycles. The van der Waals surface area contributed by atoms with E-state index in [4.69, 9.17) is 20.0 Å². The van der Waals surface area contributed by atoms with Gasteiger partial charge in [-0.3, -0.25) is 0 Å². The molecule has 2 rings (SSSR count). The van der Waals surface area contributed by atoms with Crippen molar-refractivity contribution >= 4 is 54.9 Å². The molecule has 0 amide bonds. The second-order valence-corrected chi connectivity index (χ2v) is 10.6. The third-order valence-electron chi connectivity index (χ3n) is 4.36. The maximum atomic E-state index is 11.4. The summed E-state index contributed by atoms with van der Waals surface area (Å²) in [5.74, 6) is -0.205. The Hall–Kier alpha value is 0.175. The van der Waals surface area contributed by atoms with E-state index in [9.17, 15) is 8.42 Å². The van der Waals surface area contributed by atoms with Crippen LogP contribution in [0, 0.1) is 10.5 Å². The first kappa shape index (κ1) is 18.5. The molecular formula is C14H19BClIO4S. The Morgan fingerprint density at radius 1 is 1.18 bits per heavy atom. The fourth-order valence-electron chi connectivity index (χ4n) is 2.31. The van der Waals surface area contributed by atoms with Gasteiger partial charge < -0.3 is 9.31 Å². The standard InChI is InChI=1S/C14H19BClIO4S/c1-9-10(8-22(16,18)19)6-11(17)7-12(9)15-20-13(2,3)14(4,5)21-15/h6-7H,8H2,1-5H3. The molecule has 1 aromatic rings. The molecule has 0 radical (unpaired) electrons. The van der Waals surface area contributed by atoms with Crippen LogP contribution in [0.4, 0.5) is 0 Å². The zero-order chi connectivity index (χ0) is 16.9. The summed E-state index contributed by atoms with van der Waals surface area (Å²) < 4.78 is 35.9.